The van der Waals surface area contributed by atoms with Crippen molar-refractivity contribution in [3.63, 3.8) is 0 Å². The lowest BCUT2D eigenvalue weighted by molar-refractivity contribution is -0.0713. The number of nitrogens with zero attached hydrogens (tertiary/aromatic N) is 1. The molecular formula is C17H26N2O. The second-order valence-corrected chi connectivity index (χ2v) is 6.13. The first-order valence-electron chi connectivity index (χ1n) is 7.97. The molecule has 20 heavy (non-hydrogen) atoms. The van der Waals surface area contributed by atoms with Crippen molar-refractivity contribution in [2.45, 2.75) is 51.3 Å². The average Bonchev–Trinajstić information content (AvgIpc) is 2.70. The van der Waals surface area contributed by atoms with Gasteiger partial charge in [0.1, 0.15) is 0 Å². The SMILES string of the molecule is CCC1COC(C)CN1C1CCc2ccccc2NC1. The molecule has 1 N–H and O–H groups in total. The Hall–Kier alpha value is -1.06. The van der Waals surface area contributed by atoms with E-state index in [1.807, 2.05) is 0 Å². The van der Waals surface area contributed by atoms with E-state index in [9.17, 15) is 0 Å². The summed E-state index contributed by atoms with van der Waals surface area (Å²) in [7, 11) is 0. The summed E-state index contributed by atoms with van der Waals surface area (Å²) in [5.74, 6) is 0. The molecule has 3 atom stereocenters. The second-order valence-electron chi connectivity index (χ2n) is 6.13. The van der Waals surface area contributed by atoms with Gasteiger partial charge in [-0.3, -0.25) is 4.90 Å². The number of benzene rings is 1. The van der Waals surface area contributed by atoms with Crippen LogP contribution in [0.5, 0.6) is 0 Å². The molecule has 0 spiro atoms. The summed E-state index contributed by atoms with van der Waals surface area (Å²) < 4.78 is 5.83. The van der Waals surface area contributed by atoms with Gasteiger partial charge in [0.15, 0.2) is 0 Å². The minimum Gasteiger partial charge on any atom is -0.383 e. The van der Waals surface area contributed by atoms with Crippen molar-refractivity contribution in [2.75, 3.05) is 25.0 Å². The number of para-hydroxylation sites is 1. The number of anilines is 1. The van der Waals surface area contributed by atoms with Gasteiger partial charge in [-0.15, -0.1) is 0 Å². The molecule has 2 aliphatic rings. The summed E-state index contributed by atoms with van der Waals surface area (Å²) in [6.45, 7) is 7.48. The summed E-state index contributed by atoms with van der Waals surface area (Å²) in [4.78, 5) is 2.69. The summed E-state index contributed by atoms with van der Waals surface area (Å²) in [6, 6.07) is 9.93. The lowest BCUT2D eigenvalue weighted by Crippen LogP contribution is -2.54. The van der Waals surface area contributed by atoms with E-state index in [-0.39, 0.29) is 0 Å². The predicted molar refractivity (Wildman–Crippen MR) is 83.2 cm³/mol. The molecule has 3 rings (SSSR count). The Morgan fingerprint density at radius 2 is 2.20 bits per heavy atom. The summed E-state index contributed by atoms with van der Waals surface area (Å²) in [6.07, 6.45) is 3.96. The Labute approximate surface area is 122 Å². The van der Waals surface area contributed by atoms with Crippen LogP contribution < -0.4 is 5.32 Å². The van der Waals surface area contributed by atoms with Gasteiger partial charge in [-0.1, -0.05) is 25.1 Å². The Balaban J connectivity index is 1.72. The maximum Gasteiger partial charge on any atom is 0.0674 e. The Morgan fingerprint density at radius 3 is 3.05 bits per heavy atom. The molecule has 3 unspecified atom stereocenters. The first-order chi connectivity index (χ1) is 9.78. The number of morpholine rings is 1. The third-order valence-electron chi connectivity index (χ3n) is 4.74. The minimum absolute atomic E-state index is 0.364. The maximum atomic E-state index is 5.83. The second kappa shape index (κ2) is 6.15. The molecule has 1 aromatic rings. The zero-order valence-corrected chi connectivity index (χ0v) is 12.6. The number of ether oxygens (including phenoxy) is 1. The molecule has 1 aromatic carbocycles. The van der Waals surface area contributed by atoms with Crippen LogP contribution in [0.15, 0.2) is 24.3 Å². The van der Waals surface area contributed by atoms with Crippen LogP contribution in [-0.4, -0.2) is 42.8 Å². The van der Waals surface area contributed by atoms with Crippen LogP contribution in [0.4, 0.5) is 5.69 Å². The highest BCUT2D eigenvalue weighted by molar-refractivity contribution is 5.52. The molecule has 0 bridgehead atoms. The summed E-state index contributed by atoms with van der Waals surface area (Å²) in [5.41, 5.74) is 2.79. The van der Waals surface area contributed by atoms with Gasteiger partial charge in [0.2, 0.25) is 0 Å². The van der Waals surface area contributed by atoms with Crippen molar-refractivity contribution in [1.29, 1.82) is 0 Å². The molecule has 110 valence electrons. The first-order valence-corrected chi connectivity index (χ1v) is 7.97. The molecule has 0 radical (unpaired) electrons. The number of hydrogen-bond acceptors (Lipinski definition) is 3. The zero-order valence-electron chi connectivity index (χ0n) is 12.6. The van der Waals surface area contributed by atoms with Crippen LogP contribution in [0.2, 0.25) is 0 Å². The number of hydrogen-bond donors (Lipinski definition) is 1. The molecular weight excluding hydrogens is 248 g/mol. The normalized spacial score (nSPS) is 31.2. The van der Waals surface area contributed by atoms with E-state index in [1.54, 1.807) is 0 Å². The van der Waals surface area contributed by atoms with E-state index in [0.29, 0.717) is 18.2 Å². The van der Waals surface area contributed by atoms with Crippen LogP contribution in [0.25, 0.3) is 0 Å². The third kappa shape index (κ3) is 2.84. The van der Waals surface area contributed by atoms with Crippen LogP contribution >= 0.6 is 0 Å². The molecule has 1 fully saturated rings. The van der Waals surface area contributed by atoms with Gasteiger partial charge in [-0.05, 0) is 37.8 Å². The minimum atomic E-state index is 0.364. The molecule has 0 amide bonds. The van der Waals surface area contributed by atoms with Crippen LogP contribution in [-0.2, 0) is 11.2 Å². The molecule has 0 aromatic heterocycles. The monoisotopic (exact) mass is 274 g/mol. The first kappa shape index (κ1) is 13.9. The molecule has 2 heterocycles. The Bertz CT molecular complexity index is 421. The number of aryl methyl sites for hydroxylation is 1. The van der Waals surface area contributed by atoms with Crippen molar-refractivity contribution >= 4 is 5.69 Å². The van der Waals surface area contributed by atoms with Crippen molar-refractivity contribution in [3.8, 4) is 0 Å². The topological polar surface area (TPSA) is 24.5 Å². The maximum absolute atomic E-state index is 5.83. The van der Waals surface area contributed by atoms with Crippen molar-refractivity contribution in [3.05, 3.63) is 29.8 Å². The molecule has 3 heteroatoms. The van der Waals surface area contributed by atoms with Gasteiger partial charge in [-0.2, -0.15) is 0 Å². The predicted octanol–water partition coefficient (Wildman–Crippen LogP) is 2.91. The van der Waals surface area contributed by atoms with Gasteiger partial charge < -0.3 is 10.1 Å². The Kier molecular flexibility index (Phi) is 4.27. The van der Waals surface area contributed by atoms with E-state index < -0.39 is 0 Å². The molecule has 3 nitrogen and oxygen atoms in total. The fourth-order valence-corrected chi connectivity index (χ4v) is 3.52. The van der Waals surface area contributed by atoms with Gasteiger partial charge in [0.25, 0.3) is 0 Å². The molecule has 0 aliphatic carbocycles. The lowest BCUT2D eigenvalue weighted by atomic mass is 10.0. The number of rotatable bonds is 2. The van der Waals surface area contributed by atoms with Gasteiger partial charge in [-0.25, -0.2) is 0 Å². The van der Waals surface area contributed by atoms with E-state index in [4.69, 9.17) is 4.74 Å². The average molecular weight is 274 g/mol. The van der Waals surface area contributed by atoms with E-state index >= 15 is 0 Å². The molecule has 2 aliphatic heterocycles. The van der Waals surface area contributed by atoms with Crippen LogP contribution in [0, 0.1) is 0 Å². The zero-order chi connectivity index (χ0) is 13.9. The van der Waals surface area contributed by atoms with E-state index in [2.05, 4.69) is 48.3 Å². The fraction of sp³-hybridized carbons (Fsp3) is 0.647. The largest absolute Gasteiger partial charge is 0.383 e. The third-order valence-corrected chi connectivity index (χ3v) is 4.74. The highest BCUT2D eigenvalue weighted by Gasteiger charge is 2.31. The fourth-order valence-electron chi connectivity index (χ4n) is 3.52. The van der Waals surface area contributed by atoms with Gasteiger partial charge >= 0.3 is 0 Å². The van der Waals surface area contributed by atoms with Gasteiger partial charge in [0.05, 0.1) is 12.7 Å². The molecule has 0 saturated carbocycles. The smallest absolute Gasteiger partial charge is 0.0674 e. The van der Waals surface area contributed by atoms with Crippen molar-refractivity contribution < 1.29 is 4.74 Å². The quantitative estimate of drug-likeness (QED) is 0.897. The Morgan fingerprint density at radius 1 is 1.35 bits per heavy atom. The van der Waals surface area contributed by atoms with E-state index in [1.165, 1.54) is 30.5 Å². The highest BCUT2D eigenvalue weighted by atomic mass is 16.5. The summed E-state index contributed by atoms with van der Waals surface area (Å²) >= 11 is 0. The van der Waals surface area contributed by atoms with Crippen LogP contribution in [0.3, 0.4) is 0 Å². The van der Waals surface area contributed by atoms with E-state index in [0.717, 1.165) is 19.7 Å². The lowest BCUT2D eigenvalue weighted by Gasteiger charge is -2.43. The van der Waals surface area contributed by atoms with Crippen LogP contribution in [0.1, 0.15) is 32.3 Å². The summed E-state index contributed by atoms with van der Waals surface area (Å²) in [5, 5.41) is 3.65. The molecule has 1 saturated heterocycles. The van der Waals surface area contributed by atoms with Crippen molar-refractivity contribution in [2.24, 2.45) is 0 Å². The number of nitrogens with one attached hydrogen (secondary N) is 1. The van der Waals surface area contributed by atoms with Gasteiger partial charge in [0, 0.05) is 30.9 Å². The highest BCUT2D eigenvalue weighted by Crippen LogP contribution is 2.26. The number of fused-ring (bicyclic) bond motifs is 1. The van der Waals surface area contributed by atoms with Crippen molar-refractivity contribution in [1.82, 2.24) is 4.90 Å². The standard InChI is InChI=1S/C17H26N2O/c1-3-15-12-20-13(2)11-19(15)16-9-8-14-6-4-5-7-17(14)18-10-16/h4-7,13,15-16,18H,3,8-12H2,1-2H3.